The summed E-state index contributed by atoms with van der Waals surface area (Å²) in [6.45, 7) is 0. The minimum Gasteiger partial charge on any atom is -0.505 e. The maximum Gasteiger partial charge on any atom is 0.458 e. The summed E-state index contributed by atoms with van der Waals surface area (Å²) < 4.78 is 219. The van der Waals surface area contributed by atoms with Gasteiger partial charge in [-0.1, -0.05) is 0 Å². The van der Waals surface area contributed by atoms with Crippen LogP contribution in [0.2, 0.25) is 0 Å². The SMILES string of the molecule is Nc1cc(C(c2cc(N)c(O)c(C(F)(F)C(F)(F)F)c2)(C(F)(F)F)C(F)(F)F)cc(C(F)(F)C(F)(F)F)c1O. The number of nitrogen functional groups attached to an aromatic ring is 2. The molecule has 0 aliphatic carbocycles. The van der Waals surface area contributed by atoms with Crippen molar-refractivity contribution in [3.63, 3.8) is 0 Å². The van der Waals surface area contributed by atoms with Gasteiger partial charge in [0.15, 0.2) is 0 Å². The van der Waals surface area contributed by atoms with Crippen LogP contribution < -0.4 is 11.5 Å². The molecule has 2 aromatic rings. The highest BCUT2D eigenvalue weighted by atomic mass is 19.4. The van der Waals surface area contributed by atoms with E-state index >= 15 is 0 Å². The first-order valence-electron chi connectivity index (χ1n) is 9.36. The number of hydrogen-bond acceptors (Lipinski definition) is 4. The molecule has 0 amide bonds. The van der Waals surface area contributed by atoms with Crippen molar-refractivity contribution in [3.05, 3.63) is 46.5 Å². The number of benzene rings is 2. The van der Waals surface area contributed by atoms with Gasteiger partial charge in [0.1, 0.15) is 11.5 Å². The number of aromatic hydroxyl groups is 2. The van der Waals surface area contributed by atoms with Gasteiger partial charge in [0, 0.05) is 0 Å². The molecule has 4 nitrogen and oxygen atoms in total. The lowest BCUT2D eigenvalue weighted by molar-refractivity contribution is -0.292. The molecule has 0 bridgehead atoms. The third-order valence-electron chi connectivity index (χ3n) is 5.38. The van der Waals surface area contributed by atoms with E-state index in [2.05, 4.69) is 0 Å². The quantitative estimate of drug-likeness (QED) is 0.173. The van der Waals surface area contributed by atoms with Gasteiger partial charge in [0.25, 0.3) is 0 Å². The molecule has 0 unspecified atom stereocenters. The van der Waals surface area contributed by atoms with Crippen LogP contribution in [0, 0.1) is 0 Å². The molecule has 220 valence electrons. The summed E-state index contributed by atoms with van der Waals surface area (Å²) in [7, 11) is 0. The summed E-state index contributed by atoms with van der Waals surface area (Å²) in [5.41, 5.74) is -11.4. The molecule has 0 fully saturated rings. The number of nitrogens with two attached hydrogens (primary N) is 2. The molecule has 0 heterocycles. The number of alkyl halides is 16. The van der Waals surface area contributed by atoms with Crippen LogP contribution in [0.15, 0.2) is 24.3 Å². The van der Waals surface area contributed by atoms with Crippen LogP contribution in [0.5, 0.6) is 11.5 Å². The van der Waals surface area contributed by atoms with E-state index in [9.17, 15) is 80.5 Å². The second kappa shape index (κ2) is 8.77. The molecule has 0 aromatic heterocycles. The summed E-state index contributed by atoms with van der Waals surface area (Å²) in [6, 6.07) is -3.50. The van der Waals surface area contributed by atoms with Crippen LogP contribution in [-0.2, 0) is 17.3 Å². The lowest BCUT2D eigenvalue weighted by atomic mass is 9.71. The van der Waals surface area contributed by atoms with Gasteiger partial charge in [-0.3, -0.25) is 0 Å². The first-order valence-corrected chi connectivity index (χ1v) is 9.36. The Hall–Kier alpha value is -3.48. The Labute approximate surface area is 204 Å². The first kappa shape index (κ1) is 31.7. The summed E-state index contributed by atoms with van der Waals surface area (Å²) in [5, 5.41) is 19.1. The number of phenols is 2. The molecule has 6 N–H and O–H groups in total. The zero-order chi connectivity index (χ0) is 30.9. The molecule has 0 spiro atoms. The Morgan fingerprint density at radius 2 is 0.692 bits per heavy atom. The Morgan fingerprint density at radius 1 is 0.436 bits per heavy atom. The predicted octanol–water partition coefficient (Wildman–Crippen LogP) is 6.98. The first-order chi connectivity index (χ1) is 17.1. The van der Waals surface area contributed by atoms with E-state index in [1.807, 2.05) is 0 Å². The maximum absolute atomic E-state index is 14.3. The number of halogens is 16. The van der Waals surface area contributed by atoms with Gasteiger partial charge in [-0.05, 0) is 35.4 Å². The van der Waals surface area contributed by atoms with Crippen molar-refractivity contribution in [3.8, 4) is 11.5 Å². The van der Waals surface area contributed by atoms with Gasteiger partial charge in [-0.2, -0.15) is 70.2 Å². The number of anilines is 2. The molecule has 20 heteroatoms. The predicted molar refractivity (Wildman–Crippen MR) is 97.8 cm³/mol. The van der Waals surface area contributed by atoms with E-state index in [4.69, 9.17) is 11.5 Å². The van der Waals surface area contributed by atoms with E-state index in [1.54, 1.807) is 0 Å². The van der Waals surface area contributed by atoms with Crippen LogP contribution in [0.4, 0.5) is 81.6 Å². The van der Waals surface area contributed by atoms with E-state index in [0.29, 0.717) is 0 Å². The largest absolute Gasteiger partial charge is 0.505 e. The van der Waals surface area contributed by atoms with Crippen LogP contribution >= 0.6 is 0 Å². The molecular formula is C19H10F16N2O2. The second-order valence-corrected chi connectivity index (χ2v) is 7.81. The molecule has 2 aromatic carbocycles. The summed E-state index contributed by atoms with van der Waals surface area (Å²) in [6.07, 6.45) is -27.5. The van der Waals surface area contributed by atoms with Gasteiger partial charge in [0.05, 0.1) is 22.5 Å². The Morgan fingerprint density at radius 3 is 0.897 bits per heavy atom. The van der Waals surface area contributed by atoms with E-state index < -0.39 is 111 Å². The fourth-order valence-electron chi connectivity index (χ4n) is 3.51. The van der Waals surface area contributed by atoms with Gasteiger partial charge < -0.3 is 21.7 Å². The standard InChI is InChI=1S/C19H10F16N2O2/c20-14(21,18(30,31)32)7-1-5(3-9(36)11(7)38)13(16(24,25)26,17(27,28)29)6-2-8(12(39)10(37)4-6)15(22,23)19(33,34)35/h1-4,38-39H,36-37H2. The normalized spacial score (nSPS) is 14.6. The average Bonchev–Trinajstić information content (AvgIpc) is 2.69. The third-order valence-corrected chi connectivity index (χ3v) is 5.38. The second-order valence-electron chi connectivity index (χ2n) is 7.81. The molecule has 0 saturated heterocycles. The lowest BCUT2D eigenvalue weighted by Crippen LogP contribution is -2.55. The fourth-order valence-corrected chi connectivity index (χ4v) is 3.51. The minimum absolute atomic E-state index is 0.600. The average molecular weight is 602 g/mol. The summed E-state index contributed by atoms with van der Waals surface area (Å²) in [4.78, 5) is 0. The monoisotopic (exact) mass is 602 g/mol. The van der Waals surface area contributed by atoms with E-state index in [-0.39, 0.29) is 0 Å². The van der Waals surface area contributed by atoms with E-state index in [1.165, 1.54) is 0 Å². The molecule has 0 aliphatic heterocycles. The van der Waals surface area contributed by atoms with Gasteiger partial charge in [-0.15, -0.1) is 0 Å². The number of phenolic OH excluding ortho intramolecular Hbond substituents is 2. The van der Waals surface area contributed by atoms with Gasteiger partial charge >= 0.3 is 36.6 Å². The topological polar surface area (TPSA) is 92.5 Å². The number of hydrogen-bond donors (Lipinski definition) is 4. The number of rotatable bonds is 4. The van der Waals surface area contributed by atoms with Crippen molar-refractivity contribution >= 4 is 11.4 Å². The smallest absolute Gasteiger partial charge is 0.458 e. The van der Waals surface area contributed by atoms with Crippen molar-refractivity contribution in [1.29, 1.82) is 0 Å². The van der Waals surface area contributed by atoms with Crippen molar-refractivity contribution < 1.29 is 80.5 Å². The van der Waals surface area contributed by atoms with Crippen molar-refractivity contribution in [2.45, 2.75) is 42.0 Å². The Bertz CT molecular complexity index is 1160. The fraction of sp³-hybridized carbons (Fsp3) is 0.368. The molecule has 0 saturated carbocycles. The lowest BCUT2D eigenvalue weighted by Gasteiger charge is -2.39. The molecular weight excluding hydrogens is 592 g/mol. The van der Waals surface area contributed by atoms with Crippen molar-refractivity contribution in [2.24, 2.45) is 0 Å². The Kier molecular flexibility index (Phi) is 7.13. The highest BCUT2D eigenvalue weighted by Gasteiger charge is 2.74. The molecule has 0 atom stereocenters. The highest BCUT2D eigenvalue weighted by molar-refractivity contribution is 5.66. The van der Waals surface area contributed by atoms with Crippen molar-refractivity contribution in [2.75, 3.05) is 11.5 Å². The summed E-state index contributed by atoms with van der Waals surface area (Å²) in [5.74, 6) is -17.4. The van der Waals surface area contributed by atoms with E-state index in [0.717, 1.165) is 0 Å². The highest BCUT2D eigenvalue weighted by Crippen LogP contribution is 2.60. The van der Waals surface area contributed by atoms with Crippen LogP contribution in [0.1, 0.15) is 22.3 Å². The molecule has 39 heavy (non-hydrogen) atoms. The zero-order valence-corrected chi connectivity index (χ0v) is 17.9. The molecule has 0 aliphatic rings. The minimum atomic E-state index is -6.98. The zero-order valence-electron chi connectivity index (χ0n) is 17.9. The van der Waals surface area contributed by atoms with Crippen LogP contribution in [0.25, 0.3) is 0 Å². The van der Waals surface area contributed by atoms with Gasteiger partial charge in [-0.25, -0.2) is 0 Å². The van der Waals surface area contributed by atoms with Gasteiger partial charge in [0.2, 0.25) is 5.41 Å². The van der Waals surface area contributed by atoms with Crippen molar-refractivity contribution in [1.82, 2.24) is 0 Å². The van der Waals surface area contributed by atoms with Crippen LogP contribution in [0.3, 0.4) is 0 Å². The molecule has 2 rings (SSSR count). The summed E-state index contributed by atoms with van der Waals surface area (Å²) >= 11 is 0. The maximum atomic E-state index is 14.3. The Balaban J connectivity index is 3.25. The van der Waals surface area contributed by atoms with Crippen LogP contribution in [-0.4, -0.2) is 34.9 Å². The molecule has 0 radical (unpaired) electrons. The third kappa shape index (κ3) is 4.66.